The monoisotopic (exact) mass is 239 g/mol. The van der Waals surface area contributed by atoms with E-state index in [9.17, 15) is 0 Å². The zero-order chi connectivity index (χ0) is 10.8. The highest BCUT2D eigenvalue weighted by Gasteiger charge is 2.31. The molecule has 2 heterocycles. The Labute approximate surface area is 102 Å². The van der Waals surface area contributed by atoms with Gasteiger partial charge in [-0.1, -0.05) is 24.6 Å². The lowest BCUT2D eigenvalue weighted by molar-refractivity contribution is 0.195. The maximum absolute atomic E-state index is 4.86. The van der Waals surface area contributed by atoms with Gasteiger partial charge in [0.15, 0.2) is 5.17 Å². The highest BCUT2D eigenvalue weighted by atomic mass is 32.2. The molecular weight excluding hydrogens is 218 g/mol. The minimum absolute atomic E-state index is 0.633. The first-order chi connectivity index (χ1) is 7.92. The van der Waals surface area contributed by atoms with Crippen LogP contribution in [0, 0.1) is 5.92 Å². The standard InChI is InChI=1S/C12H21N3S/c1-2-7-15(8-3-1)14-12-13-11-6-4-5-10(11)9-16-12/h10-11H,1-9H2,(H,13,14). The van der Waals surface area contributed by atoms with Crippen molar-refractivity contribution in [2.45, 2.75) is 44.6 Å². The fourth-order valence-corrected chi connectivity index (χ4v) is 4.12. The van der Waals surface area contributed by atoms with Crippen LogP contribution in [0.3, 0.4) is 0 Å². The third kappa shape index (κ3) is 2.38. The zero-order valence-electron chi connectivity index (χ0n) is 9.82. The molecule has 2 fully saturated rings. The summed E-state index contributed by atoms with van der Waals surface area (Å²) in [5.41, 5.74) is 3.52. The lowest BCUT2D eigenvalue weighted by Gasteiger charge is -2.31. The van der Waals surface area contributed by atoms with Gasteiger partial charge in [0.1, 0.15) is 0 Å². The molecule has 3 rings (SSSR count). The molecule has 2 atom stereocenters. The van der Waals surface area contributed by atoms with Gasteiger partial charge in [0.25, 0.3) is 0 Å². The zero-order valence-corrected chi connectivity index (χ0v) is 10.6. The van der Waals surface area contributed by atoms with Crippen LogP contribution in [0.1, 0.15) is 38.5 Å². The first-order valence-corrected chi connectivity index (χ1v) is 7.62. The molecule has 1 N–H and O–H groups in total. The van der Waals surface area contributed by atoms with Gasteiger partial charge >= 0.3 is 0 Å². The number of hydrogen-bond donors (Lipinski definition) is 1. The number of piperidine rings is 1. The quantitative estimate of drug-likeness (QED) is 0.760. The van der Waals surface area contributed by atoms with Crippen molar-refractivity contribution in [2.75, 3.05) is 18.8 Å². The molecule has 0 bridgehead atoms. The van der Waals surface area contributed by atoms with Crippen LogP contribution >= 0.6 is 11.8 Å². The predicted octanol–water partition coefficient (Wildman–Crippen LogP) is 2.25. The molecule has 1 saturated carbocycles. The van der Waals surface area contributed by atoms with Crippen LogP contribution in [0.15, 0.2) is 4.99 Å². The van der Waals surface area contributed by atoms with Crippen molar-refractivity contribution >= 4 is 16.9 Å². The van der Waals surface area contributed by atoms with Gasteiger partial charge in [-0.3, -0.25) is 10.4 Å². The number of rotatable bonds is 1. The van der Waals surface area contributed by atoms with Crippen LogP contribution in [-0.4, -0.2) is 35.1 Å². The van der Waals surface area contributed by atoms with Gasteiger partial charge in [0, 0.05) is 18.8 Å². The Balaban J connectivity index is 1.57. The van der Waals surface area contributed by atoms with Crippen LogP contribution in [0.2, 0.25) is 0 Å². The van der Waals surface area contributed by atoms with Crippen LogP contribution in [0.4, 0.5) is 0 Å². The van der Waals surface area contributed by atoms with Gasteiger partial charge < -0.3 is 0 Å². The topological polar surface area (TPSA) is 27.6 Å². The molecule has 1 aliphatic carbocycles. The Hall–Kier alpha value is -0.220. The summed E-state index contributed by atoms with van der Waals surface area (Å²) < 4.78 is 0. The molecule has 0 aromatic heterocycles. The van der Waals surface area contributed by atoms with Gasteiger partial charge in [0.2, 0.25) is 0 Å². The van der Waals surface area contributed by atoms with Crippen molar-refractivity contribution in [2.24, 2.45) is 10.9 Å². The average Bonchev–Trinajstić information content (AvgIpc) is 2.77. The summed E-state index contributed by atoms with van der Waals surface area (Å²) >= 11 is 1.93. The van der Waals surface area contributed by atoms with Crippen molar-refractivity contribution in [1.29, 1.82) is 0 Å². The summed E-state index contributed by atoms with van der Waals surface area (Å²) in [5, 5.41) is 3.54. The summed E-state index contributed by atoms with van der Waals surface area (Å²) in [6.07, 6.45) is 8.15. The molecule has 90 valence electrons. The second-order valence-electron chi connectivity index (χ2n) is 5.16. The molecule has 4 heteroatoms. The minimum atomic E-state index is 0.633. The molecule has 0 aromatic carbocycles. The van der Waals surface area contributed by atoms with E-state index in [1.54, 1.807) is 0 Å². The van der Waals surface area contributed by atoms with Crippen molar-refractivity contribution < 1.29 is 0 Å². The van der Waals surface area contributed by atoms with Crippen molar-refractivity contribution in [3.8, 4) is 0 Å². The Kier molecular flexibility index (Phi) is 3.38. The van der Waals surface area contributed by atoms with E-state index in [-0.39, 0.29) is 0 Å². The number of nitrogens with zero attached hydrogens (tertiary/aromatic N) is 2. The van der Waals surface area contributed by atoms with Crippen molar-refractivity contribution in [3.05, 3.63) is 0 Å². The molecule has 3 nitrogen and oxygen atoms in total. The average molecular weight is 239 g/mol. The Bertz CT molecular complexity index is 273. The third-order valence-corrected chi connectivity index (χ3v) is 5.01. The SMILES string of the molecule is C1CCN(NC2=NC3CCCC3CS2)CC1. The molecule has 0 aromatic rings. The molecule has 2 unspecified atom stereocenters. The Morgan fingerprint density at radius 1 is 1.12 bits per heavy atom. The Morgan fingerprint density at radius 2 is 2.00 bits per heavy atom. The summed E-state index contributed by atoms with van der Waals surface area (Å²) in [5.74, 6) is 2.15. The normalized spacial score (nSPS) is 35.6. The summed E-state index contributed by atoms with van der Waals surface area (Å²) in [7, 11) is 0. The fraction of sp³-hybridized carbons (Fsp3) is 0.917. The lowest BCUT2D eigenvalue weighted by atomic mass is 10.1. The van der Waals surface area contributed by atoms with Crippen LogP contribution in [0.25, 0.3) is 0 Å². The number of hydrogen-bond acceptors (Lipinski definition) is 4. The summed E-state index contributed by atoms with van der Waals surface area (Å²) in [6.45, 7) is 2.38. The summed E-state index contributed by atoms with van der Waals surface area (Å²) in [4.78, 5) is 4.86. The fourth-order valence-electron chi connectivity index (χ4n) is 2.96. The van der Waals surface area contributed by atoms with E-state index in [0.717, 1.165) is 5.92 Å². The lowest BCUT2D eigenvalue weighted by Crippen LogP contribution is -2.45. The van der Waals surface area contributed by atoms with E-state index in [1.807, 2.05) is 11.8 Å². The highest BCUT2D eigenvalue weighted by molar-refractivity contribution is 8.13. The van der Waals surface area contributed by atoms with E-state index in [4.69, 9.17) is 4.99 Å². The van der Waals surface area contributed by atoms with Crippen molar-refractivity contribution in [1.82, 2.24) is 10.4 Å². The first-order valence-electron chi connectivity index (χ1n) is 6.64. The van der Waals surface area contributed by atoms with Gasteiger partial charge in [-0.15, -0.1) is 0 Å². The Morgan fingerprint density at radius 3 is 2.88 bits per heavy atom. The number of hydrazine groups is 1. The molecule has 16 heavy (non-hydrogen) atoms. The molecule has 3 aliphatic rings. The molecule has 0 amide bonds. The van der Waals surface area contributed by atoms with E-state index in [2.05, 4.69) is 10.4 Å². The number of nitrogens with one attached hydrogen (secondary N) is 1. The highest BCUT2D eigenvalue weighted by Crippen LogP contribution is 2.35. The van der Waals surface area contributed by atoms with Crippen LogP contribution < -0.4 is 5.43 Å². The number of fused-ring (bicyclic) bond motifs is 1. The second kappa shape index (κ2) is 4.96. The molecular formula is C12H21N3S. The number of thioether (sulfide) groups is 1. The number of amidine groups is 1. The third-order valence-electron chi connectivity index (χ3n) is 3.95. The molecule has 2 aliphatic heterocycles. The predicted molar refractivity (Wildman–Crippen MR) is 69.6 cm³/mol. The number of aliphatic imine (C=N–C) groups is 1. The maximum atomic E-state index is 4.86. The molecule has 0 radical (unpaired) electrons. The smallest absolute Gasteiger partial charge is 0.171 e. The first kappa shape index (κ1) is 10.9. The van der Waals surface area contributed by atoms with Gasteiger partial charge in [-0.05, 0) is 31.6 Å². The summed E-state index contributed by atoms with van der Waals surface area (Å²) in [6, 6.07) is 0.633. The maximum Gasteiger partial charge on any atom is 0.171 e. The molecule has 0 spiro atoms. The minimum Gasteiger partial charge on any atom is -0.298 e. The van der Waals surface area contributed by atoms with E-state index in [0.29, 0.717) is 6.04 Å². The van der Waals surface area contributed by atoms with E-state index >= 15 is 0 Å². The second-order valence-corrected chi connectivity index (χ2v) is 6.17. The van der Waals surface area contributed by atoms with Gasteiger partial charge in [-0.25, -0.2) is 5.01 Å². The van der Waals surface area contributed by atoms with Crippen molar-refractivity contribution in [3.63, 3.8) is 0 Å². The van der Waals surface area contributed by atoms with Gasteiger partial charge in [-0.2, -0.15) is 0 Å². The molecule has 1 saturated heterocycles. The van der Waals surface area contributed by atoms with E-state index in [1.165, 1.54) is 62.5 Å². The van der Waals surface area contributed by atoms with E-state index < -0.39 is 0 Å². The van der Waals surface area contributed by atoms with Crippen LogP contribution in [-0.2, 0) is 0 Å². The van der Waals surface area contributed by atoms with Gasteiger partial charge in [0.05, 0.1) is 6.04 Å². The largest absolute Gasteiger partial charge is 0.298 e. The van der Waals surface area contributed by atoms with Crippen LogP contribution in [0.5, 0.6) is 0 Å².